The summed E-state index contributed by atoms with van der Waals surface area (Å²) in [5.41, 5.74) is 0.674. The highest BCUT2D eigenvalue weighted by atomic mass is 32.1. The third-order valence-electron chi connectivity index (χ3n) is 6.65. The Morgan fingerprint density at radius 1 is 1.21 bits per heavy atom. The monoisotopic (exact) mass is 405 g/mol. The number of nitrogens with zero attached hydrogens (tertiary/aromatic N) is 2. The van der Waals surface area contributed by atoms with Crippen LogP contribution >= 0.6 is 11.3 Å². The van der Waals surface area contributed by atoms with Crippen LogP contribution in [-0.4, -0.2) is 80.2 Å². The molecule has 3 fully saturated rings. The van der Waals surface area contributed by atoms with Crippen molar-refractivity contribution in [2.24, 2.45) is 0 Å². The first-order valence-corrected chi connectivity index (χ1v) is 11.0. The fourth-order valence-electron chi connectivity index (χ4n) is 5.04. The minimum absolute atomic E-state index is 0.00797. The number of nitrogens with one attached hydrogen (secondary N) is 1. The van der Waals surface area contributed by atoms with E-state index in [1.807, 2.05) is 11.9 Å². The molecule has 2 spiro atoms. The van der Waals surface area contributed by atoms with Gasteiger partial charge in [-0.1, -0.05) is 0 Å². The van der Waals surface area contributed by atoms with Gasteiger partial charge in [-0.3, -0.25) is 9.59 Å². The summed E-state index contributed by atoms with van der Waals surface area (Å²) in [5.74, 6) is 0.0946. The Morgan fingerprint density at radius 2 is 2.04 bits per heavy atom. The highest BCUT2D eigenvalue weighted by Gasteiger charge is 2.46. The van der Waals surface area contributed by atoms with Crippen molar-refractivity contribution in [1.29, 1.82) is 0 Å². The molecule has 2 amide bonds. The molecule has 1 aromatic heterocycles. The van der Waals surface area contributed by atoms with Crippen LogP contribution in [0.2, 0.25) is 0 Å². The Labute approximate surface area is 169 Å². The molecule has 5 heterocycles. The topological polar surface area (TPSA) is 71.1 Å². The first kappa shape index (κ1) is 18.5. The number of hydrogen-bond acceptors (Lipinski definition) is 6. The van der Waals surface area contributed by atoms with Crippen LogP contribution < -0.4 is 5.32 Å². The number of amides is 2. The number of likely N-dealkylation sites (N-methyl/N-ethyl adjacent to an activating group) is 1. The van der Waals surface area contributed by atoms with E-state index < -0.39 is 5.60 Å². The molecule has 0 aliphatic carbocycles. The minimum atomic E-state index is -0.408. The van der Waals surface area contributed by atoms with Gasteiger partial charge in [0.15, 0.2) is 0 Å². The van der Waals surface area contributed by atoms with Gasteiger partial charge in [-0.25, -0.2) is 0 Å². The second-order valence-corrected chi connectivity index (χ2v) is 9.56. The normalized spacial score (nSPS) is 29.5. The van der Waals surface area contributed by atoms with Crippen LogP contribution in [0.3, 0.4) is 0 Å². The highest BCUT2D eigenvalue weighted by molar-refractivity contribution is 7.14. The van der Waals surface area contributed by atoms with Crippen molar-refractivity contribution < 1.29 is 19.1 Å². The van der Waals surface area contributed by atoms with Crippen molar-refractivity contribution in [3.8, 4) is 0 Å². The minimum Gasteiger partial charge on any atom is -0.369 e. The van der Waals surface area contributed by atoms with Crippen molar-refractivity contribution >= 4 is 23.2 Å². The lowest BCUT2D eigenvalue weighted by Gasteiger charge is -2.40. The molecule has 0 saturated carbocycles. The molecular weight excluding hydrogens is 378 g/mol. The van der Waals surface area contributed by atoms with E-state index in [1.54, 1.807) is 16.2 Å². The molecule has 5 rings (SSSR count). The molecule has 28 heavy (non-hydrogen) atoms. The first-order valence-electron chi connectivity index (χ1n) is 10.2. The van der Waals surface area contributed by atoms with Gasteiger partial charge in [0, 0.05) is 18.5 Å². The number of hydrogen-bond donors (Lipinski definition) is 1. The molecule has 0 radical (unpaired) electrons. The van der Waals surface area contributed by atoms with Crippen LogP contribution in [0.4, 0.5) is 0 Å². The number of likely N-dealkylation sites (tertiary alicyclic amines) is 1. The number of thiophene rings is 1. The number of ether oxygens (including phenoxy) is 2. The summed E-state index contributed by atoms with van der Waals surface area (Å²) >= 11 is 1.62. The molecule has 0 bridgehead atoms. The molecule has 7 nitrogen and oxygen atoms in total. The van der Waals surface area contributed by atoms with Gasteiger partial charge in [-0.2, -0.15) is 0 Å². The quantitative estimate of drug-likeness (QED) is 0.754. The Balaban J connectivity index is 1.35. The predicted octanol–water partition coefficient (Wildman–Crippen LogP) is 0.973. The van der Waals surface area contributed by atoms with E-state index in [1.165, 1.54) is 10.4 Å². The third kappa shape index (κ3) is 2.98. The number of rotatable bonds is 1. The smallest absolute Gasteiger partial charge is 0.264 e. The summed E-state index contributed by atoms with van der Waals surface area (Å²) in [5, 5.41) is 3.41. The molecule has 1 N–H and O–H groups in total. The molecule has 3 saturated heterocycles. The molecular formula is C20H27N3O4S. The van der Waals surface area contributed by atoms with Crippen LogP contribution in [-0.2, 0) is 26.3 Å². The standard InChI is InChI=1S/C20H27N3O4S/c1-22-12-19(27-11-16(22)24)5-8-23(13-19)18(25)15-10-14-2-9-26-20(17(14)28-15)3-6-21-7-4-20/h10,21H,2-9,11-13H2,1H3. The van der Waals surface area contributed by atoms with E-state index in [0.717, 1.165) is 50.3 Å². The van der Waals surface area contributed by atoms with Gasteiger partial charge in [-0.05, 0) is 50.4 Å². The summed E-state index contributed by atoms with van der Waals surface area (Å²) in [6.45, 7) is 4.54. The Kier molecular flexibility index (Phi) is 4.50. The van der Waals surface area contributed by atoms with Gasteiger partial charge in [0.05, 0.1) is 24.6 Å². The van der Waals surface area contributed by atoms with Crippen molar-refractivity contribution in [3.63, 3.8) is 0 Å². The zero-order valence-corrected chi connectivity index (χ0v) is 17.1. The second-order valence-electron chi connectivity index (χ2n) is 8.51. The van der Waals surface area contributed by atoms with Crippen molar-refractivity contribution in [2.45, 2.75) is 36.9 Å². The largest absolute Gasteiger partial charge is 0.369 e. The fraction of sp³-hybridized carbons (Fsp3) is 0.700. The van der Waals surface area contributed by atoms with E-state index in [4.69, 9.17) is 9.47 Å². The lowest BCUT2D eigenvalue weighted by molar-refractivity contribution is -0.158. The van der Waals surface area contributed by atoms with Crippen molar-refractivity contribution in [1.82, 2.24) is 15.1 Å². The average molecular weight is 406 g/mol. The maximum Gasteiger partial charge on any atom is 0.264 e. The van der Waals surface area contributed by atoms with E-state index >= 15 is 0 Å². The van der Waals surface area contributed by atoms with Crippen LogP contribution in [0, 0.1) is 0 Å². The van der Waals surface area contributed by atoms with Gasteiger partial charge in [0.1, 0.15) is 17.8 Å². The van der Waals surface area contributed by atoms with Crippen LogP contribution in [0.5, 0.6) is 0 Å². The molecule has 0 aromatic carbocycles. The van der Waals surface area contributed by atoms with Crippen LogP contribution in [0.15, 0.2) is 6.07 Å². The summed E-state index contributed by atoms with van der Waals surface area (Å²) in [6.07, 6.45) is 3.60. The summed E-state index contributed by atoms with van der Waals surface area (Å²) in [7, 11) is 1.81. The molecule has 4 aliphatic heterocycles. The van der Waals surface area contributed by atoms with Crippen LogP contribution in [0.1, 0.15) is 39.4 Å². The third-order valence-corrected chi connectivity index (χ3v) is 8.00. The van der Waals surface area contributed by atoms with Gasteiger partial charge in [0.2, 0.25) is 5.91 Å². The lowest BCUT2D eigenvalue weighted by Crippen LogP contribution is -2.54. The Hall–Kier alpha value is -1.48. The van der Waals surface area contributed by atoms with Crippen LogP contribution in [0.25, 0.3) is 0 Å². The summed E-state index contributed by atoms with van der Waals surface area (Å²) in [4.78, 5) is 30.7. The zero-order chi connectivity index (χ0) is 19.4. The molecule has 1 aromatic rings. The molecule has 1 atom stereocenters. The first-order chi connectivity index (χ1) is 13.5. The number of piperidine rings is 1. The fourth-order valence-corrected chi connectivity index (χ4v) is 6.42. The van der Waals surface area contributed by atoms with Crippen molar-refractivity contribution in [2.75, 3.05) is 53.0 Å². The number of fused-ring (bicyclic) bond motifs is 2. The average Bonchev–Trinajstić information content (AvgIpc) is 3.31. The second kappa shape index (κ2) is 6.79. The lowest BCUT2D eigenvalue weighted by atomic mass is 9.86. The van der Waals surface area contributed by atoms with Gasteiger partial charge >= 0.3 is 0 Å². The van der Waals surface area contributed by atoms with Gasteiger partial charge in [0.25, 0.3) is 5.91 Å². The zero-order valence-electron chi connectivity index (χ0n) is 16.3. The summed E-state index contributed by atoms with van der Waals surface area (Å²) in [6, 6.07) is 2.09. The van der Waals surface area contributed by atoms with Gasteiger partial charge in [-0.15, -0.1) is 11.3 Å². The molecule has 4 aliphatic rings. The van der Waals surface area contributed by atoms with E-state index in [0.29, 0.717) is 19.6 Å². The molecule has 152 valence electrons. The SMILES string of the molecule is CN1CC2(CCN(C(=O)c3cc4c(s3)C3(CCNCC3)OCC4)C2)OCC1=O. The summed E-state index contributed by atoms with van der Waals surface area (Å²) < 4.78 is 12.1. The highest BCUT2D eigenvalue weighted by Crippen LogP contribution is 2.45. The predicted molar refractivity (Wildman–Crippen MR) is 105 cm³/mol. The van der Waals surface area contributed by atoms with E-state index in [2.05, 4.69) is 11.4 Å². The number of carbonyl (C=O) groups excluding carboxylic acids is 2. The van der Waals surface area contributed by atoms with Gasteiger partial charge < -0.3 is 24.6 Å². The molecule has 8 heteroatoms. The van der Waals surface area contributed by atoms with E-state index in [-0.39, 0.29) is 24.0 Å². The maximum atomic E-state index is 13.3. The molecule has 1 unspecified atom stereocenters. The maximum absolute atomic E-state index is 13.3. The Morgan fingerprint density at radius 3 is 2.82 bits per heavy atom. The van der Waals surface area contributed by atoms with E-state index in [9.17, 15) is 9.59 Å². The Bertz CT molecular complexity index is 803. The number of carbonyl (C=O) groups is 2. The number of morpholine rings is 1. The van der Waals surface area contributed by atoms with Crippen molar-refractivity contribution in [3.05, 3.63) is 21.4 Å².